The van der Waals surface area contributed by atoms with Gasteiger partial charge in [0.15, 0.2) is 6.04 Å². The van der Waals surface area contributed by atoms with Crippen LogP contribution in [-0.4, -0.2) is 40.9 Å². The molecular formula is C12H12N2O4. The number of piperazine rings is 1. The predicted octanol–water partition coefficient (Wildman–Crippen LogP) is -0.229. The summed E-state index contributed by atoms with van der Waals surface area (Å²) in [7, 11) is 0. The number of rotatable bonds is 3. The standard InChI is InChI=1S/C12H12N2O4/c15-9-7-14(10(16)6-13-9)11(12(17)18)8-4-2-1-3-5-8/h1-5,11H,6-7H2,(H,13,15)(H,17,18). The molecule has 0 radical (unpaired) electrons. The summed E-state index contributed by atoms with van der Waals surface area (Å²) in [5, 5.41) is 11.6. The minimum Gasteiger partial charge on any atom is -0.479 e. The van der Waals surface area contributed by atoms with E-state index in [-0.39, 0.29) is 19.0 Å². The Balaban J connectivity index is 2.33. The van der Waals surface area contributed by atoms with Gasteiger partial charge in [-0.1, -0.05) is 30.3 Å². The van der Waals surface area contributed by atoms with E-state index in [0.29, 0.717) is 5.56 Å². The third-order valence-corrected chi connectivity index (χ3v) is 2.73. The fourth-order valence-corrected chi connectivity index (χ4v) is 1.90. The molecule has 1 aliphatic heterocycles. The van der Waals surface area contributed by atoms with Gasteiger partial charge in [-0.2, -0.15) is 0 Å². The molecule has 1 saturated heterocycles. The summed E-state index contributed by atoms with van der Waals surface area (Å²) in [5.74, 6) is -1.90. The van der Waals surface area contributed by atoms with Crippen LogP contribution < -0.4 is 5.32 Å². The van der Waals surface area contributed by atoms with Crippen molar-refractivity contribution in [3.05, 3.63) is 35.9 Å². The predicted molar refractivity (Wildman–Crippen MR) is 61.5 cm³/mol. The van der Waals surface area contributed by atoms with E-state index in [9.17, 15) is 19.5 Å². The number of benzene rings is 1. The van der Waals surface area contributed by atoms with Gasteiger partial charge in [0.05, 0.1) is 6.54 Å². The summed E-state index contributed by atoms with van der Waals surface area (Å²) >= 11 is 0. The molecule has 1 aromatic rings. The van der Waals surface area contributed by atoms with Crippen molar-refractivity contribution in [1.82, 2.24) is 10.2 Å². The molecule has 1 aromatic carbocycles. The van der Waals surface area contributed by atoms with Crippen molar-refractivity contribution in [2.24, 2.45) is 0 Å². The van der Waals surface area contributed by atoms with Crippen molar-refractivity contribution in [3.8, 4) is 0 Å². The van der Waals surface area contributed by atoms with Crippen LogP contribution in [0.2, 0.25) is 0 Å². The highest BCUT2D eigenvalue weighted by molar-refractivity contribution is 5.95. The Labute approximate surface area is 103 Å². The molecule has 18 heavy (non-hydrogen) atoms. The van der Waals surface area contributed by atoms with E-state index in [2.05, 4.69) is 5.32 Å². The van der Waals surface area contributed by atoms with Gasteiger partial charge in [-0.3, -0.25) is 9.59 Å². The van der Waals surface area contributed by atoms with Crippen LogP contribution in [0.3, 0.4) is 0 Å². The lowest BCUT2D eigenvalue weighted by Crippen LogP contribution is -2.54. The maximum atomic E-state index is 11.7. The molecule has 0 saturated carbocycles. The lowest BCUT2D eigenvalue weighted by molar-refractivity contribution is -0.154. The number of carboxylic acid groups (broad SMARTS) is 1. The summed E-state index contributed by atoms with van der Waals surface area (Å²) in [6.45, 7) is -0.389. The van der Waals surface area contributed by atoms with E-state index in [1.54, 1.807) is 30.3 Å². The van der Waals surface area contributed by atoms with Crippen molar-refractivity contribution in [1.29, 1.82) is 0 Å². The van der Waals surface area contributed by atoms with Crippen molar-refractivity contribution >= 4 is 17.8 Å². The SMILES string of the molecule is O=C1CN(C(C(=O)O)c2ccccc2)C(=O)CN1. The summed E-state index contributed by atoms with van der Waals surface area (Å²) in [5.41, 5.74) is 0.480. The quantitative estimate of drug-likeness (QED) is 0.773. The molecule has 2 amide bonds. The molecule has 2 N–H and O–H groups in total. The van der Waals surface area contributed by atoms with E-state index in [1.807, 2.05) is 0 Å². The number of hydrogen-bond donors (Lipinski definition) is 2. The molecule has 1 unspecified atom stereocenters. The smallest absolute Gasteiger partial charge is 0.331 e. The Morgan fingerprint density at radius 3 is 2.56 bits per heavy atom. The zero-order valence-electron chi connectivity index (χ0n) is 9.50. The van der Waals surface area contributed by atoms with E-state index in [0.717, 1.165) is 4.90 Å². The molecule has 94 valence electrons. The largest absolute Gasteiger partial charge is 0.479 e. The molecule has 6 nitrogen and oxygen atoms in total. The number of carbonyl (C=O) groups is 3. The number of carboxylic acids is 1. The third kappa shape index (κ3) is 2.32. The minimum atomic E-state index is -1.15. The van der Waals surface area contributed by atoms with E-state index < -0.39 is 17.9 Å². The molecule has 1 atom stereocenters. The first kappa shape index (κ1) is 12.1. The van der Waals surface area contributed by atoms with Gasteiger partial charge in [-0.05, 0) is 5.56 Å². The molecule has 2 rings (SSSR count). The zero-order valence-corrected chi connectivity index (χ0v) is 9.50. The second kappa shape index (κ2) is 4.87. The molecule has 6 heteroatoms. The number of hydrogen-bond acceptors (Lipinski definition) is 3. The third-order valence-electron chi connectivity index (χ3n) is 2.73. The molecule has 0 bridgehead atoms. The van der Waals surface area contributed by atoms with Gasteiger partial charge in [0.25, 0.3) is 0 Å². The fraction of sp³-hybridized carbons (Fsp3) is 0.250. The van der Waals surface area contributed by atoms with Crippen LogP contribution in [-0.2, 0) is 14.4 Å². The number of aliphatic carboxylic acids is 1. The second-order valence-electron chi connectivity index (χ2n) is 3.95. The Bertz CT molecular complexity index is 486. The van der Waals surface area contributed by atoms with Crippen LogP contribution in [0, 0.1) is 0 Å². The maximum Gasteiger partial charge on any atom is 0.331 e. The highest BCUT2D eigenvalue weighted by atomic mass is 16.4. The Kier molecular flexibility index (Phi) is 3.27. The Morgan fingerprint density at radius 2 is 1.94 bits per heavy atom. The fourth-order valence-electron chi connectivity index (χ4n) is 1.90. The number of carbonyl (C=O) groups excluding carboxylic acids is 2. The van der Waals surface area contributed by atoms with E-state index >= 15 is 0 Å². The first-order valence-electron chi connectivity index (χ1n) is 5.43. The van der Waals surface area contributed by atoms with Gasteiger partial charge in [-0.15, -0.1) is 0 Å². The monoisotopic (exact) mass is 248 g/mol. The highest BCUT2D eigenvalue weighted by Crippen LogP contribution is 2.21. The van der Waals surface area contributed by atoms with Crippen LogP contribution in [0.4, 0.5) is 0 Å². The number of amides is 2. The van der Waals surface area contributed by atoms with Crippen molar-refractivity contribution in [2.75, 3.05) is 13.1 Å². The normalized spacial score (nSPS) is 17.2. The van der Waals surface area contributed by atoms with Crippen LogP contribution in [0.15, 0.2) is 30.3 Å². The lowest BCUT2D eigenvalue weighted by atomic mass is 10.0. The van der Waals surface area contributed by atoms with Crippen molar-refractivity contribution in [3.63, 3.8) is 0 Å². The first-order chi connectivity index (χ1) is 8.59. The highest BCUT2D eigenvalue weighted by Gasteiger charge is 2.34. The molecule has 1 fully saturated rings. The van der Waals surface area contributed by atoms with Gasteiger partial charge >= 0.3 is 5.97 Å². The molecule has 0 aliphatic carbocycles. The van der Waals surface area contributed by atoms with Crippen molar-refractivity contribution < 1.29 is 19.5 Å². The summed E-state index contributed by atoms with van der Waals surface area (Å²) in [4.78, 5) is 35.4. The van der Waals surface area contributed by atoms with Crippen LogP contribution in [0.25, 0.3) is 0 Å². The lowest BCUT2D eigenvalue weighted by Gasteiger charge is -2.31. The summed E-state index contributed by atoms with van der Waals surface area (Å²) in [6.07, 6.45) is 0. The Morgan fingerprint density at radius 1 is 1.28 bits per heavy atom. The summed E-state index contributed by atoms with van der Waals surface area (Å²) < 4.78 is 0. The van der Waals surface area contributed by atoms with E-state index in [4.69, 9.17) is 0 Å². The van der Waals surface area contributed by atoms with Gasteiger partial charge in [-0.25, -0.2) is 4.79 Å². The van der Waals surface area contributed by atoms with Gasteiger partial charge in [0, 0.05) is 0 Å². The maximum absolute atomic E-state index is 11.7. The van der Waals surface area contributed by atoms with Crippen LogP contribution in [0.5, 0.6) is 0 Å². The minimum absolute atomic E-state index is 0.157. The molecule has 0 spiro atoms. The average Bonchev–Trinajstić information content (AvgIpc) is 2.35. The van der Waals surface area contributed by atoms with Crippen LogP contribution in [0.1, 0.15) is 11.6 Å². The van der Waals surface area contributed by atoms with Crippen molar-refractivity contribution in [2.45, 2.75) is 6.04 Å². The molecule has 1 heterocycles. The van der Waals surface area contributed by atoms with Gasteiger partial charge < -0.3 is 15.3 Å². The van der Waals surface area contributed by atoms with Crippen LogP contribution >= 0.6 is 0 Å². The number of nitrogens with zero attached hydrogens (tertiary/aromatic N) is 1. The molecule has 1 aliphatic rings. The zero-order chi connectivity index (χ0) is 13.1. The van der Waals surface area contributed by atoms with E-state index in [1.165, 1.54) is 0 Å². The van der Waals surface area contributed by atoms with Gasteiger partial charge in [0.2, 0.25) is 11.8 Å². The average molecular weight is 248 g/mol. The molecule has 0 aromatic heterocycles. The second-order valence-corrected chi connectivity index (χ2v) is 3.95. The summed E-state index contributed by atoms with van der Waals surface area (Å²) in [6, 6.07) is 7.27. The first-order valence-corrected chi connectivity index (χ1v) is 5.43. The number of nitrogens with one attached hydrogen (secondary N) is 1. The molecular weight excluding hydrogens is 236 g/mol. The topological polar surface area (TPSA) is 86.7 Å². The Hall–Kier alpha value is -2.37. The van der Waals surface area contributed by atoms with Gasteiger partial charge in [0.1, 0.15) is 6.54 Å².